The first-order chi connectivity index (χ1) is 8.27. The molecular weight excluding hydrogens is 278 g/mol. The lowest BCUT2D eigenvalue weighted by molar-refractivity contribution is 0.104. The predicted octanol–water partition coefficient (Wildman–Crippen LogP) is 3.74. The predicted molar refractivity (Wildman–Crippen MR) is 71.7 cm³/mol. The van der Waals surface area contributed by atoms with Gasteiger partial charge in [0.25, 0.3) is 0 Å². The van der Waals surface area contributed by atoms with E-state index in [1.54, 1.807) is 36.7 Å². The van der Waals surface area contributed by atoms with Crippen LogP contribution >= 0.6 is 15.9 Å². The van der Waals surface area contributed by atoms with E-state index in [1.165, 1.54) is 0 Å². The molecule has 0 atom stereocenters. The third kappa shape index (κ3) is 3.11. The van der Waals surface area contributed by atoms with Gasteiger partial charge in [0.1, 0.15) is 0 Å². The summed E-state index contributed by atoms with van der Waals surface area (Å²) in [6, 6.07) is 11.2. The molecule has 0 unspecified atom stereocenters. The Balaban J connectivity index is 2.17. The van der Waals surface area contributed by atoms with Gasteiger partial charge in [0.05, 0.1) is 0 Å². The molecule has 0 aliphatic rings. The summed E-state index contributed by atoms with van der Waals surface area (Å²) < 4.78 is 0.968. The van der Waals surface area contributed by atoms with Crippen LogP contribution in [0, 0.1) is 0 Å². The molecule has 0 saturated heterocycles. The highest BCUT2D eigenvalue weighted by atomic mass is 79.9. The second-order valence-electron chi connectivity index (χ2n) is 3.46. The van der Waals surface area contributed by atoms with Crippen molar-refractivity contribution in [2.75, 3.05) is 0 Å². The van der Waals surface area contributed by atoms with Gasteiger partial charge in [-0.25, -0.2) is 0 Å². The average molecular weight is 288 g/mol. The highest BCUT2D eigenvalue weighted by Gasteiger charge is 2.00. The fourth-order valence-corrected chi connectivity index (χ4v) is 1.80. The maximum absolute atomic E-state index is 11.8. The summed E-state index contributed by atoms with van der Waals surface area (Å²) >= 11 is 3.43. The normalized spacial score (nSPS) is 10.6. The molecule has 2 aromatic rings. The van der Waals surface area contributed by atoms with Crippen LogP contribution in [-0.2, 0) is 0 Å². The molecule has 17 heavy (non-hydrogen) atoms. The smallest absolute Gasteiger partial charge is 0.187 e. The number of allylic oxidation sites excluding steroid dienone is 1. The van der Waals surface area contributed by atoms with E-state index in [-0.39, 0.29) is 5.78 Å². The molecular formula is C14H10BrNO. The van der Waals surface area contributed by atoms with Crippen LogP contribution in [0.2, 0.25) is 0 Å². The molecule has 3 heteroatoms. The van der Waals surface area contributed by atoms with Crippen molar-refractivity contribution in [3.05, 3.63) is 70.5 Å². The van der Waals surface area contributed by atoms with Gasteiger partial charge >= 0.3 is 0 Å². The first-order valence-electron chi connectivity index (χ1n) is 5.14. The number of hydrogen-bond donors (Lipinski definition) is 0. The number of pyridine rings is 1. The van der Waals surface area contributed by atoms with E-state index < -0.39 is 0 Å². The first-order valence-corrected chi connectivity index (χ1v) is 5.93. The molecule has 0 aliphatic carbocycles. The van der Waals surface area contributed by atoms with Crippen LogP contribution in [0.15, 0.2) is 59.3 Å². The number of carbonyl (C=O) groups is 1. The van der Waals surface area contributed by atoms with Crippen LogP contribution in [0.5, 0.6) is 0 Å². The maximum Gasteiger partial charge on any atom is 0.187 e. The number of hydrogen-bond acceptors (Lipinski definition) is 2. The van der Waals surface area contributed by atoms with Gasteiger partial charge in [-0.1, -0.05) is 34.1 Å². The van der Waals surface area contributed by atoms with Gasteiger partial charge in [0.15, 0.2) is 5.78 Å². The molecule has 0 saturated carbocycles. The molecule has 1 aromatic heterocycles. The lowest BCUT2D eigenvalue weighted by Crippen LogP contribution is -1.94. The number of aromatic nitrogens is 1. The van der Waals surface area contributed by atoms with E-state index >= 15 is 0 Å². The maximum atomic E-state index is 11.8. The Morgan fingerprint density at radius 3 is 2.71 bits per heavy atom. The fraction of sp³-hybridized carbons (Fsp3) is 0. The summed E-state index contributed by atoms with van der Waals surface area (Å²) in [5, 5.41) is 0. The Hall–Kier alpha value is -1.74. The molecule has 0 amide bonds. The van der Waals surface area contributed by atoms with Crippen LogP contribution in [0.25, 0.3) is 6.08 Å². The molecule has 0 spiro atoms. The summed E-state index contributed by atoms with van der Waals surface area (Å²) in [4.78, 5) is 15.7. The zero-order valence-corrected chi connectivity index (χ0v) is 10.6. The highest BCUT2D eigenvalue weighted by molar-refractivity contribution is 9.10. The van der Waals surface area contributed by atoms with Gasteiger partial charge in [0.2, 0.25) is 0 Å². The van der Waals surface area contributed by atoms with Gasteiger partial charge in [-0.3, -0.25) is 9.78 Å². The van der Waals surface area contributed by atoms with Gasteiger partial charge in [-0.05, 0) is 35.9 Å². The monoisotopic (exact) mass is 287 g/mol. The molecule has 0 aliphatic heterocycles. The van der Waals surface area contributed by atoms with Crippen LogP contribution in [-0.4, -0.2) is 10.8 Å². The average Bonchev–Trinajstić information content (AvgIpc) is 2.38. The minimum atomic E-state index is -0.0474. The molecule has 2 nitrogen and oxygen atoms in total. The van der Waals surface area contributed by atoms with E-state index in [0.29, 0.717) is 5.56 Å². The third-order valence-electron chi connectivity index (χ3n) is 2.27. The van der Waals surface area contributed by atoms with Crippen molar-refractivity contribution in [1.29, 1.82) is 0 Å². The molecule has 84 valence electrons. The van der Waals surface area contributed by atoms with Gasteiger partial charge < -0.3 is 0 Å². The Labute approximate surface area is 108 Å². The first kappa shape index (κ1) is 11.7. The summed E-state index contributed by atoms with van der Waals surface area (Å²) in [5.41, 5.74) is 1.57. The lowest BCUT2D eigenvalue weighted by Gasteiger charge is -1.97. The second kappa shape index (κ2) is 5.55. The third-order valence-corrected chi connectivity index (χ3v) is 2.99. The van der Waals surface area contributed by atoms with Gasteiger partial charge in [-0.15, -0.1) is 0 Å². The summed E-state index contributed by atoms with van der Waals surface area (Å²) in [6.45, 7) is 0. The number of benzene rings is 1. The number of halogens is 1. The summed E-state index contributed by atoms with van der Waals surface area (Å²) in [6.07, 6.45) is 6.55. The van der Waals surface area contributed by atoms with E-state index in [0.717, 1.165) is 10.0 Å². The Kier molecular flexibility index (Phi) is 3.83. The van der Waals surface area contributed by atoms with E-state index in [9.17, 15) is 4.79 Å². The molecule has 0 bridgehead atoms. The highest BCUT2D eigenvalue weighted by Crippen LogP contribution is 2.17. The fourth-order valence-electron chi connectivity index (χ4n) is 1.38. The molecule has 1 aromatic carbocycles. The van der Waals surface area contributed by atoms with E-state index in [1.807, 2.05) is 24.3 Å². The minimum absolute atomic E-state index is 0.0474. The molecule has 2 rings (SSSR count). The largest absolute Gasteiger partial charge is 0.289 e. The quantitative estimate of drug-likeness (QED) is 0.636. The standard InChI is InChI=1S/C14H10BrNO/c15-13-6-2-1-4-11(13)7-8-14(17)12-5-3-9-16-10-12/h1-10H/b8-7+. The topological polar surface area (TPSA) is 30.0 Å². The molecule has 1 heterocycles. The summed E-state index contributed by atoms with van der Waals surface area (Å²) in [7, 11) is 0. The Morgan fingerprint density at radius 2 is 2.00 bits per heavy atom. The number of carbonyl (C=O) groups excluding carboxylic acids is 1. The van der Waals surface area contributed by atoms with Crippen molar-refractivity contribution in [2.45, 2.75) is 0 Å². The number of nitrogens with zero attached hydrogens (tertiary/aromatic N) is 1. The van der Waals surface area contributed by atoms with E-state index in [2.05, 4.69) is 20.9 Å². The number of ketones is 1. The van der Waals surface area contributed by atoms with Gasteiger partial charge in [-0.2, -0.15) is 0 Å². The van der Waals surface area contributed by atoms with Crippen LogP contribution in [0.3, 0.4) is 0 Å². The Morgan fingerprint density at radius 1 is 1.18 bits per heavy atom. The van der Waals surface area contributed by atoms with Crippen LogP contribution in [0.1, 0.15) is 15.9 Å². The van der Waals surface area contributed by atoms with E-state index in [4.69, 9.17) is 0 Å². The van der Waals surface area contributed by atoms with Crippen molar-refractivity contribution < 1.29 is 4.79 Å². The van der Waals surface area contributed by atoms with Crippen molar-refractivity contribution in [3.63, 3.8) is 0 Å². The molecule has 0 fully saturated rings. The van der Waals surface area contributed by atoms with Crippen LogP contribution < -0.4 is 0 Å². The zero-order valence-electron chi connectivity index (χ0n) is 9.01. The Bertz CT molecular complexity index is 549. The second-order valence-corrected chi connectivity index (χ2v) is 4.32. The lowest BCUT2D eigenvalue weighted by atomic mass is 10.1. The van der Waals surface area contributed by atoms with Crippen LogP contribution in [0.4, 0.5) is 0 Å². The van der Waals surface area contributed by atoms with Crippen molar-refractivity contribution in [2.24, 2.45) is 0 Å². The molecule has 0 N–H and O–H groups in total. The minimum Gasteiger partial charge on any atom is -0.289 e. The van der Waals surface area contributed by atoms with Crippen molar-refractivity contribution in [1.82, 2.24) is 4.98 Å². The zero-order chi connectivity index (χ0) is 12.1. The number of rotatable bonds is 3. The summed E-state index contributed by atoms with van der Waals surface area (Å²) in [5.74, 6) is -0.0474. The molecule has 0 radical (unpaired) electrons. The van der Waals surface area contributed by atoms with Gasteiger partial charge in [0, 0.05) is 22.4 Å². The SMILES string of the molecule is O=C(/C=C/c1ccccc1Br)c1cccnc1. The van der Waals surface area contributed by atoms with Crippen molar-refractivity contribution >= 4 is 27.8 Å². The van der Waals surface area contributed by atoms with Crippen molar-refractivity contribution in [3.8, 4) is 0 Å².